The second kappa shape index (κ2) is 6.49. The van der Waals surface area contributed by atoms with Crippen LogP contribution in [0.1, 0.15) is 43.0 Å². The van der Waals surface area contributed by atoms with Crippen LogP contribution in [0.4, 0.5) is 0 Å². The molecule has 21 heavy (non-hydrogen) atoms. The molecule has 2 aliphatic rings. The van der Waals surface area contributed by atoms with Crippen LogP contribution in [-0.4, -0.2) is 31.4 Å². The number of likely N-dealkylation sites (N-methyl/N-ethyl adjacent to an activating group) is 1. The molecule has 1 N–H and O–H groups in total. The zero-order valence-electron chi connectivity index (χ0n) is 13.0. The van der Waals surface area contributed by atoms with E-state index in [0.29, 0.717) is 12.5 Å². The van der Waals surface area contributed by atoms with E-state index in [1.165, 1.54) is 30.6 Å². The number of amides is 1. The monoisotopic (exact) mass is 306 g/mol. The van der Waals surface area contributed by atoms with E-state index in [0.717, 1.165) is 18.3 Å². The third-order valence-corrected chi connectivity index (χ3v) is 6.29. The van der Waals surface area contributed by atoms with Gasteiger partial charge in [0.05, 0.1) is 6.04 Å². The first-order valence-corrected chi connectivity index (χ1v) is 8.98. The van der Waals surface area contributed by atoms with Crippen LogP contribution in [0.3, 0.4) is 0 Å². The summed E-state index contributed by atoms with van der Waals surface area (Å²) >= 11 is 1.76. The summed E-state index contributed by atoms with van der Waals surface area (Å²) < 4.78 is 0. The van der Waals surface area contributed by atoms with Gasteiger partial charge in [0.2, 0.25) is 5.91 Å². The van der Waals surface area contributed by atoms with Crippen LogP contribution in [0.2, 0.25) is 0 Å². The van der Waals surface area contributed by atoms with Crippen molar-refractivity contribution >= 4 is 17.2 Å². The number of carbonyl (C=O) groups excluding carboxylic acids is 1. The Balaban J connectivity index is 1.48. The summed E-state index contributed by atoms with van der Waals surface area (Å²) in [6, 6.07) is 4.51. The van der Waals surface area contributed by atoms with Crippen LogP contribution < -0.4 is 5.32 Å². The smallest absolute Gasteiger partial charge is 0.220 e. The van der Waals surface area contributed by atoms with Crippen LogP contribution in [0.5, 0.6) is 0 Å². The molecule has 1 heterocycles. The first kappa shape index (κ1) is 15.0. The van der Waals surface area contributed by atoms with Crippen molar-refractivity contribution in [2.75, 3.05) is 20.6 Å². The van der Waals surface area contributed by atoms with Crippen LogP contribution in [-0.2, 0) is 4.79 Å². The molecule has 0 radical (unpaired) electrons. The Labute approximate surface area is 131 Å². The zero-order chi connectivity index (χ0) is 14.8. The molecule has 3 nitrogen and oxygen atoms in total. The molecule has 0 spiro atoms. The van der Waals surface area contributed by atoms with E-state index in [2.05, 4.69) is 41.8 Å². The molecule has 0 aliphatic heterocycles. The number of hydrogen-bond acceptors (Lipinski definition) is 3. The van der Waals surface area contributed by atoms with Crippen molar-refractivity contribution in [3.05, 3.63) is 22.4 Å². The predicted octanol–water partition coefficient (Wildman–Crippen LogP) is 3.29. The van der Waals surface area contributed by atoms with Gasteiger partial charge >= 0.3 is 0 Å². The van der Waals surface area contributed by atoms with Crippen molar-refractivity contribution in [2.45, 2.75) is 38.1 Å². The minimum Gasteiger partial charge on any atom is -0.354 e. The molecular formula is C17H26N2OS. The van der Waals surface area contributed by atoms with E-state index in [1.54, 1.807) is 11.3 Å². The summed E-state index contributed by atoms with van der Waals surface area (Å²) in [6.07, 6.45) is 6.18. The predicted molar refractivity (Wildman–Crippen MR) is 87.3 cm³/mol. The van der Waals surface area contributed by atoms with E-state index in [-0.39, 0.29) is 11.9 Å². The molecule has 2 fully saturated rings. The van der Waals surface area contributed by atoms with Gasteiger partial charge in [-0.1, -0.05) is 12.5 Å². The fourth-order valence-corrected chi connectivity index (χ4v) is 5.09. The summed E-state index contributed by atoms with van der Waals surface area (Å²) in [7, 11) is 4.15. The number of thiophene rings is 1. The molecule has 1 aromatic rings. The van der Waals surface area contributed by atoms with E-state index < -0.39 is 0 Å². The Bertz CT molecular complexity index is 471. The lowest BCUT2D eigenvalue weighted by Crippen LogP contribution is -2.35. The summed E-state index contributed by atoms with van der Waals surface area (Å²) in [5.41, 5.74) is 0. The summed E-state index contributed by atoms with van der Waals surface area (Å²) in [5.74, 6) is 2.66. The minimum atomic E-state index is 0.246. The van der Waals surface area contributed by atoms with Gasteiger partial charge in [-0.25, -0.2) is 0 Å². The number of rotatable bonds is 6. The molecule has 1 aromatic heterocycles. The Morgan fingerprint density at radius 1 is 1.43 bits per heavy atom. The largest absolute Gasteiger partial charge is 0.354 e. The van der Waals surface area contributed by atoms with Gasteiger partial charge in [-0.05, 0) is 62.6 Å². The van der Waals surface area contributed by atoms with Gasteiger partial charge in [0.1, 0.15) is 0 Å². The topological polar surface area (TPSA) is 32.3 Å². The number of nitrogens with one attached hydrogen (secondary N) is 1. The lowest BCUT2D eigenvalue weighted by Gasteiger charge is -2.25. The average Bonchev–Trinajstić information content (AvgIpc) is 3.15. The van der Waals surface area contributed by atoms with Crippen molar-refractivity contribution < 1.29 is 4.79 Å². The maximum absolute atomic E-state index is 12.2. The molecule has 2 saturated carbocycles. The van der Waals surface area contributed by atoms with Gasteiger partial charge in [0.25, 0.3) is 0 Å². The molecular weight excluding hydrogens is 280 g/mol. The average molecular weight is 306 g/mol. The summed E-state index contributed by atoms with van der Waals surface area (Å²) in [5, 5.41) is 5.26. The van der Waals surface area contributed by atoms with Crippen molar-refractivity contribution in [1.29, 1.82) is 0 Å². The fraction of sp³-hybridized carbons (Fsp3) is 0.706. The van der Waals surface area contributed by atoms with Gasteiger partial charge in [0.15, 0.2) is 0 Å². The zero-order valence-corrected chi connectivity index (χ0v) is 13.9. The van der Waals surface area contributed by atoms with Crippen molar-refractivity contribution in [3.8, 4) is 0 Å². The third-order valence-electron chi connectivity index (χ3n) is 5.32. The molecule has 2 bridgehead atoms. The van der Waals surface area contributed by atoms with Crippen LogP contribution in [0, 0.1) is 17.8 Å². The van der Waals surface area contributed by atoms with Crippen LogP contribution in [0.25, 0.3) is 0 Å². The molecule has 0 aromatic carbocycles. The van der Waals surface area contributed by atoms with Gasteiger partial charge in [-0.15, -0.1) is 11.3 Å². The molecule has 4 atom stereocenters. The quantitative estimate of drug-likeness (QED) is 0.874. The van der Waals surface area contributed by atoms with E-state index in [1.807, 2.05) is 0 Å². The first-order chi connectivity index (χ1) is 10.1. The highest BCUT2D eigenvalue weighted by molar-refractivity contribution is 7.10. The van der Waals surface area contributed by atoms with E-state index >= 15 is 0 Å². The SMILES string of the molecule is CN(C)C(CNC(=O)CC1CC2CCC1C2)c1cccs1. The fourth-order valence-electron chi connectivity index (χ4n) is 4.17. The van der Waals surface area contributed by atoms with Gasteiger partial charge in [-0.3, -0.25) is 4.79 Å². The van der Waals surface area contributed by atoms with Gasteiger partial charge in [-0.2, -0.15) is 0 Å². The maximum Gasteiger partial charge on any atom is 0.220 e. The number of nitrogens with zero attached hydrogens (tertiary/aromatic N) is 1. The second-order valence-electron chi connectivity index (χ2n) is 6.94. The number of fused-ring (bicyclic) bond motifs is 2. The number of hydrogen-bond donors (Lipinski definition) is 1. The standard InChI is InChI=1S/C17H26N2OS/c1-19(2)15(16-4-3-7-21-16)11-18-17(20)10-14-9-12-5-6-13(14)8-12/h3-4,7,12-15H,5-6,8-11H2,1-2H3,(H,18,20). The van der Waals surface area contributed by atoms with Gasteiger partial charge < -0.3 is 10.2 Å². The van der Waals surface area contributed by atoms with E-state index in [9.17, 15) is 4.79 Å². The second-order valence-corrected chi connectivity index (χ2v) is 7.92. The molecule has 116 valence electrons. The van der Waals surface area contributed by atoms with Crippen molar-refractivity contribution in [2.24, 2.45) is 17.8 Å². The normalized spacial score (nSPS) is 29.0. The van der Waals surface area contributed by atoms with E-state index in [4.69, 9.17) is 0 Å². The highest BCUT2D eigenvalue weighted by Gasteiger charge is 2.40. The highest BCUT2D eigenvalue weighted by Crippen LogP contribution is 2.49. The molecule has 3 rings (SSSR count). The third kappa shape index (κ3) is 3.49. The maximum atomic E-state index is 12.2. The molecule has 0 saturated heterocycles. The molecule has 1 amide bonds. The Morgan fingerprint density at radius 2 is 2.29 bits per heavy atom. The first-order valence-electron chi connectivity index (χ1n) is 8.10. The Hall–Kier alpha value is -0.870. The molecule has 4 unspecified atom stereocenters. The molecule has 4 heteroatoms. The summed E-state index contributed by atoms with van der Waals surface area (Å²) in [4.78, 5) is 15.7. The highest BCUT2D eigenvalue weighted by atomic mass is 32.1. The van der Waals surface area contributed by atoms with Crippen molar-refractivity contribution in [1.82, 2.24) is 10.2 Å². The minimum absolute atomic E-state index is 0.246. The Morgan fingerprint density at radius 3 is 2.86 bits per heavy atom. The lowest BCUT2D eigenvalue weighted by atomic mass is 9.86. The van der Waals surface area contributed by atoms with Gasteiger partial charge in [0, 0.05) is 17.8 Å². The van der Waals surface area contributed by atoms with Crippen LogP contribution >= 0.6 is 11.3 Å². The lowest BCUT2D eigenvalue weighted by molar-refractivity contribution is -0.122. The molecule has 2 aliphatic carbocycles. The number of carbonyl (C=O) groups is 1. The van der Waals surface area contributed by atoms with Crippen molar-refractivity contribution in [3.63, 3.8) is 0 Å². The van der Waals surface area contributed by atoms with Crippen LogP contribution in [0.15, 0.2) is 17.5 Å². The summed E-state index contributed by atoms with van der Waals surface area (Å²) in [6.45, 7) is 0.715. The Kier molecular flexibility index (Phi) is 4.65.